The third-order valence-electron chi connectivity index (χ3n) is 4.23. The van der Waals surface area contributed by atoms with Gasteiger partial charge in [0.15, 0.2) is 11.6 Å². The van der Waals surface area contributed by atoms with Crippen LogP contribution in [0.25, 0.3) is 11.0 Å². The van der Waals surface area contributed by atoms with E-state index in [-0.39, 0.29) is 5.91 Å². The molecule has 7 heteroatoms. The number of morpholine rings is 1. The van der Waals surface area contributed by atoms with Crippen molar-refractivity contribution in [2.45, 2.75) is 13.8 Å². The Morgan fingerprint density at radius 2 is 1.88 bits per heavy atom. The van der Waals surface area contributed by atoms with Gasteiger partial charge in [-0.05, 0) is 26.0 Å². The molecule has 3 N–H and O–H groups in total. The van der Waals surface area contributed by atoms with Crippen molar-refractivity contribution >= 4 is 28.6 Å². The summed E-state index contributed by atoms with van der Waals surface area (Å²) >= 11 is 0. The Morgan fingerprint density at radius 1 is 1.25 bits per heavy atom. The maximum Gasteiger partial charge on any atom is 0.224 e. The molecule has 1 aliphatic heterocycles. The summed E-state index contributed by atoms with van der Waals surface area (Å²) in [5.41, 5.74) is 6.45. The second-order valence-corrected chi connectivity index (χ2v) is 6.59. The SMILES string of the molecule is CC(C)(CNc1nc2ccccc2nc1N1CCOCC1)C(N)=O. The number of benzene rings is 1. The van der Waals surface area contributed by atoms with Gasteiger partial charge in [0.2, 0.25) is 5.91 Å². The molecular formula is C17H23N5O2. The van der Waals surface area contributed by atoms with Gasteiger partial charge in [-0.15, -0.1) is 0 Å². The zero-order chi connectivity index (χ0) is 17.2. The van der Waals surface area contributed by atoms with Crippen LogP contribution in [0.3, 0.4) is 0 Å². The highest BCUT2D eigenvalue weighted by Gasteiger charge is 2.26. The summed E-state index contributed by atoms with van der Waals surface area (Å²) in [6.07, 6.45) is 0. The summed E-state index contributed by atoms with van der Waals surface area (Å²) in [6.45, 7) is 6.88. The molecule has 1 aliphatic rings. The molecule has 0 atom stereocenters. The summed E-state index contributed by atoms with van der Waals surface area (Å²) in [7, 11) is 0. The van der Waals surface area contributed by atoms with Crippen molar-refractivity contribution in [2.75, 3.05) is 43.1 Å². The van der Waals surface area contributed by atoms with Crippen molar-refractivity contribution in [1.29, 1.82) is 0 Å². The van der Waals surface area contributed by atoms with Crippen LogP contribution in [0.1, 0.15) is 13.8 Å². The predicted molar refractivity (Wildman–Crippen MR) is 94.0 cm³/mol. The Bertz CT molecular complexity index is 741. The standard InChI is InChI=1S/C17H23N5O2/c1-17(2,16(18)23)11-19-14-15(22-7-9-24-10-8-22)21-13-6-4-3-5-12(13)20-14/h3-6H,7-11H2,1-2H3,(H2,18,23)(H,19,20). The van der Waals surface area contributed by atoms with E-state index in [1.54, 1.807) is 0 Å². The molecular weight excluding hydrogens is 306 g/mol. The van der Waals surface area contributed by atoms with Crippen LogP contribution in [0.5, 0.6) is 0 Å². The molecule has 0 saturated carbocycles. The van der Waals surface area contributed by atoms with Gasteiger partial charge in [0.05, 0.1) is 29.7 Å². The number of nitrogens with two attached hydrogens (primary N) is 1. The predicted octanol–water partition coefficient (Wildman–Crippen LogP) is 1.39. The zero-order valence-corrected chi connectivity index (χ0v) is 14.1. The van der Waals surface area contributed by atoms with Gasteiger partial charge in [-0.25, -0.2) is 9.97 Å². The van der Waals surface area contributed by atoms with E-state index < -0.39 is 5.41 Å². The average Bonchev–Trinajstić information content (AvgIpc) is 2.60. The number of amides is 1. The number of fused-ring (bicyclic) bond motifs is 1. The van der Waals surface area contributed by atoms with E-state index in [0.29, 0.717) is 25.6 Å². The summed E-state index contributed by atoms with van der Waals surface area (Å²) in [5, 5.41) is 3.27. The summed E-state index contributed by atoms with van der Waals surface area (Å²) in [5.74, 6) is 1.11. The van der Waals surface area contributed by atoms with Gasteiger partial charge in [-0.1, -0.05) is 12.1 Å². The van der Waals surface area contributed by atoms with E-state index in [1.165, 1.54) is 0 Å². The Hall–Kier alpha value is -2.41. The van der Waals surface area contributed by atoms with Gasteiger partial charge >= 0.3 is 0 Å². The minimum Gasteiger partial charge on any atom is -0.378 e. The molecule has 2 heterocycles. The molecule has 7 nitrogen and oxygen atoms in total. The number of nitrogens with one attached hydrogen (secondary N) is 1. The third-order valence-corrected chi connectivity index (χ3v) is 4.23. The summed E-state index contributed by atoms with van der Waals surface area (Å²) in [6, 6.07) is 7.76. The monoisotopic (exact) mass is 329 g/mol. The molecule has 0 bridgehead atoms. The lowest BCUT2D eigenvalue weighted by Gasteiger charge is -2.30. The van der Waals surface area contributed by atoms with Crippen molar-refractivity contribution in [3.63, 3.8) is 0 Å². The Balaban J connectivity index is 1.95. The smallest absolute Gasteiger partial charge is 0.224 e. The normalized spacial score (nSPS) is 15.5. The Labute approximate surface area is 141 Å². The van der Waals surface area contributed by atoms with Crippen molar-refractivity contribution in [1.82, 2.24) is 9.97 Å². The quantitative estimate of drug-likeness (QED) is 0.861. The number of carbonyl (C=O) groups is 1. The summed E-state index contributed by atoms with van der Waals surface area (Å²) < 4.78 is 5.42. The number of anilines is 2. The maximum atomic E-state index is 11.6. The first-order valence-corrected chi connectivity index (χ1v) is 8.11. The second-order valence-electron chi connectivity index (χ2n) is 6.59. The van der Waals surface area contributed by atoms with Crippen LogP contribution in [0.4, 0.5) is 11.6 Å². The zero-order valence-electron chi connectivity index (χ0n) is 14.1. The second kappa shape index (κ2) is 6.60. The van der Waals surface area contributed by atoms with Gasteiger partial charge in [-0.2, -0.15) is 0 Å². The number of primary amides is 1. The van der Waals surface area contributed by atoms with Gasteiger partial charge in [0.1, 0.15) is 0 Å². The topological polar surface area (TPSA) is 93.4 Å². The number of hydrogen-bond donors (Lipinski definition) is 2. The largest absolute Gasteiger partial charge is 0.378 e. The number of ether oxygens (including phenoxy) is 1. The molecule has 128 valence electrons. The van der Waals surface area contributed by atoms with E-state index in [4.69, 9.17) is 20.4 Å². The van der Waals surface area contributed by atoms with Crippen LogP contribution >= 0.6 is 0 Å². The maximum absolute atomic E-state index is 11.6. The number of hydrogen-bond acceptors (Lipinski definition) is 6. The van der Waals surface area contributed by atoms with Gasteiger partial charge in [0, 0.05) is 19.6 Å². The highest BCUT2D eigenvalue weighted by Crippen LogP contribution is 2.27. The molecule has 2 aromatic rings. The fourth-order valence-electron chi connectivity index (χ4n) is 2.50. The molecule has 1 aromatic carbocycles. The lowest BCUT2D eigenvalue weighted by Crippen LogP contribution is -2.39. The fourth-order valence-corrected chi connectivity index (χ4v) is 2.50. The van der Waals surface area contributed by atoms with Crippen molar-refractivity contribution in [3.05, 3.63) is 24.3 Å². The van der Waals surface area contributed by atoms with Gasteiger partial charge in [0.25, 0.3) is 0 Å². The lowest BCUT2D eigenvalue weighted by molar-refractivity contribution is -0.125. The van der Waals surface area contributed by atoms with Gasteiger partial charge < -0.3 is 20.7 Å². The van der Waals surface area contributed by atoms with E-state index in [0.717, 1.165) is 29.9 Å². The molecule has 3 rings (SSSR count). The molecule has 1 fully saturated rings. The van der Waals surface area contributed by atoms with E-state index in [2.05, 4.69) is 10.2 Å². The van der Waals surface area contributed by atoms with Crippen LogP contribution in [0, 0.1) is 5.41 Å². The minimum atomic E-state index is -0.671. The van der Waals surface area contributed by atoms with Crippen LogP contribution in [0.2, 0.25) is 0 Å². The van der Waals surface area contributed by atoms with E-state index in [1.807, 2.05) is 38.1 Å². The minimum absolute atomic E-state index is 0.350. The lowest BCUT2D eigenvalue weighted by atomic mass is 9.93. The highest BCUT2D eigenvalue weighted by atomic mass is 16.5. The van der Waals surface area contributed by atoms with Gasteiger partial charge in [-0.3, -0.25) is 4.79 Å². The highest BCUT2D eigenvalue weighted by molar-refractivity contribution is 5.82. The van der Waals surface area contributed by atoms with Crippen molar-refractivity contribution in [2.24, 2.45) is 11.1 Å². The first-order chi connectivity index (χ1) is 11.5. The molecule has 0 aliphatic carbocycles. The van der Waals surface area contributed by atoms with Crippen molar-refractivity contribution in [3.8, 4) is 0 Å². The number of carbonyl (C=O) groups excluding carboxylic acids is 1. The van der Waals surface area contributed by atoms with Crippen LogP contribution in [-0.4, -0.2) is 48.7 Å². The number of para-hydroxylation sites is 2. The average molecular weight is 329 g/mol. The Kier molecular flexibility index (Phi) is 4.53. The van der Waals surface area contributed by atoms with Crippen molar-refractivity contribution < 1.29 is 9.53 Å². The number of aromatic nitrogens is 2. The molecule has 0 unspecified atom stereocenters. The van der Waals surface area contributed by atoms with Crippen LogP contribution in [-0.2, 0) is 9.53 Å². The molecule has 24 heavy (non-hydrogen) atoms. The van der Waals surface area contributed by atoms with Crippen LogP contribution in [0.15, 0.2) is 24.3 Å². The molecule has 1 aromatic heterocycles. The molecule has 0 radical (unpaired) electrons. The molecule has 0 spiro atoms. The fraction of sp³-hybridized carbons (Fsp3) is 0.471. The summed E-state index contributed by atoms with van der Waals surface area (Å²) in [4.78, 5) is 23.2. The molecule has 1 amide bonds. The first kappa shape index (κ1) is 16.4. The number of rotatable bonds is 5. The Morgan fingerprint density at radius 3 is 2.50 bits per heavy atom. The third kappa shape index (κ3) is 3.41. The van der Waals surface area contributed by atoms with E-state index >= 15 is 0 Å². The first-order valence-electron chi connectivity index (χ1n) is 8.11. The molecule has 1 saturated heterocycles. The van der Waals surface area contributed by atoms with E-state index in [9.17, 15) is 4.79 Å². The van der Waals surface area contributed by atoms with Crippen LogP contribution < -0.4 is 16.0 Å². The number of nitrogens with zero attached hydrogens (tertiary/aromatic N) is 3.